The van der Waals surface area contributed by atoms with Crippen molar-refractivity contribution in [1.29, 1.82) is 0 Å². The van der Waals surface area contributed by atoms with Crippen LogP contribution in [-0.4, -0.2) is 6.54 Å². The van der Waals surface area contributed by atoms with E-state index in [1.165, 1.54) is 21.6 Å². The molecule has 1 nitrogen and oxygen atoms in total. The van der Waals surface area contributed by atoms with Gasteiger partial charge in [0.15, 0.2) is 0 Å². The van der Waals surface area contributed by atoms with Crippen LogP contribution in [0.4, 0.5) is 0 Å². The molecular formula is C17H23NS. The van der Waals surface area contributed by atoms with E-state index in [9.17, 15) is 0 Å². The summed E-state index contributed by atoms with van der Waals surface area (Å²) in [7, 11) is 0. The number of thiophene rings is 1. The minimum Gasteiger partial charge on any atom is -0.306 e. The monoisotopic (exact) mass is 273 g/mol. The summed E-state index contributed by atoms with van der Waals surface area (Å²) in [5.41, 5.74) is 4.25. The summed E-state index contributed by atoms with van der Waals surface area (Å²) in [5.74, 6) is 0. The first-order valence-electron chi connectivity index (χ1n) is 7.13. The van der Waals surface area contributed by atoms with E-state index in [1.54, 1.807) is 0 Å². The molecule has 0 saturated carbocycles. The zero-order valence-corrected chi connectivity index (χ0v) is 12.9. The second-order valence-electron chi connectivity index (χ2n) is 4.91. The van der Waals surface area contributed by atoms with Gasteiger partial charge in [0.25, 0.3) is 0 Å². The molecule has 0 aliphatic heterocycles. The molecule has 0 aliphatic rings. The molecule has 2 aromatic rings. The molecule has 0 fully saturated rings. The van der Waals surface area contributed by atoms with Crippen LogP contribution >= 0.6 is 11.3 Å². The lowest BCUT2D eigenvalue weighted by Gasteiger charge is -2.21. The maximum atomic E-state index is 3.71. The Hall–Kier alpha value is -1.12. The van der Waals surface area contributed by atoms with Gasteiger partial charge in [-0.05, 0) is 54.4 Å². The van der Waals surface area contributed by atoms with Gasteiger partial charge in [0.2, 0.25) is 0 Å². The van der Waals surface area contributed by atoms with Crippen molar-refractivity contribution in [3.05, 3.63) is 57.3 Å². The predicted molar refractivity (Wildman–Crippen MR) is 85.0 cm³/mol. The summed E-state index contributed by atoms with van der Waals surface area (Å²) in [6, 6.07) is 11.3. The van der Waals surface area contributed by atoms with Crippen LogP contribution in [0, 0.1) is 6.92 Å². The van der Waals surface area contributed by atoms with Crippen molar-refractivity contribution in [2.24, 2.45) is 0 Å². The third-order valence-electron chi connectivity index (χ3n) is 3.52. The minimum absolute atomic E-state index is 0.344. The summed E-state index contributed by atoms with van der Waals surface area (Å²) in [6.45, 7) is 7.71. The number of nitrogens with one attached hydrogen (secondary N) is 1. The molecule has 2 heteroatoms. The van der Waals surface area contributed by atoms with E-state index < -0.39 is 0 Å². The van der Waals surface area contributed by atoms with E-state index in [0.29, 0.717) is 6.04 Å². The Morgan fingerprint density at radius 1 is 1.16 bits per heavy atom. The van der Waals surface area contributed by atoms with Gasteiger partial charge in [0.05, 0.1) is 6.04 Å². The number of hydrogen-bond donors (Lipinski definition) is 1. The van der Waals surface area contributed by atoms with Gasteiger partial charge >= 0.3 is 0 Å². The average Bonchev–Trinajstić information content (AvgIpc) is 2.89. The molecule has 102 valence electrons. The van der Waals surface area contributed by atoms with Crippen molar-refractivity contribution >= 4 is 11.3 Å². The van der Waals surface area contributed by atoms with E-state index >= 15 is 0 Å². The molecule has 1 atom stereocenters. The Balaban J connectivity index is 2.39. The van der Waals surface area contributed by atoms with E-state index in [0.717, 1.165) is 19.4 Å². The molecule has 0 aliphatic carbocycles. The highest BCUT2D eigenvalue weighted by Crippen LogP contribution is 2.31. The molecular weight excluding hydrogens is 250 g/mol. The molecule has 2 rings (SSSR count). The number of hydrogen-bond acceptors (Lipinski definition) is 2. The van der Waals surface area contributed by atoms with Gasteiger partial charge < -0.3 is 5.32 Å². The van der Waals surface area contributed by atoms with Crippen molar-refractivity contribution in [2.75, 3.05) is 6.54 Å². The van der Waals surface area contributed by atoms with Crippen molar-refractivity contribution in [2.45, 2.75) is 39.7 Å². The molecule has 0 saturated heterocycles. The van der Waals surface area contributed by atoms with Crippen LogP contribution in [0.15, 0.2) is 35.7 Å². The van der Waals surface area contributed by atoms with Crippen molar-refractivity contribution in [1.82, 2.24) is 5.32 Å². The molecule has 1 heterocycles. The quantitative estimate of drug-likeness (QED) is 0.804. The zero-order valence-electron chi connectivity index (χ0n) is 12.1. The molecule has 1 aromatic carbocycles. The van der Waals surface area contributed by atoms with Gasteiger partial charge in [-0.2, -0.15) is 0 Å². The van der Waals surface area contributed by atoms with Crippen LogP contribution in [0.3, 0.4) is 0 Å². The third kappa shape index (κ3) is 3.26. The second kappa shape index (κ2) is 6.88. The lowest BCUT2D eigenvalue weighted by molar-refractivity contribution is 0.600. The van der Waals surface area contributed by atoms with Crippen molar-refractivity contribution in [3.8, 4) is 0 Å². The van der Waals surface area contributed by atoms with Crippen LogP contribution in [0.2, 0.25) is 0 Å². The van der Waals surface area contributed by atoms with Gasteiger partial charge in [-0.1, -0.05) is 38.1 Å². The van der Waals surface area contributed by atoms with Gasteiger partial charge in [0.1, 0.15) is 0 Å². The Morgan fingerprint density at radius 3 is 2.63 bits per heavy atom. The zero-order chi connectivity index (χ0) is 13.7. The fraction of sp³-hybridized carbons (Fsp3) is 0.412. The lowest BCUT2D eigenvalue weighted by Crippen LogP contribution is -2.23. The Bertz CT molecular complexity index is 515. The second-order valence-corrected chi connectivity index (χ2v) is 5.86. The van der Waals surface area contributed by atoms with Crippen LogP contribution in [0.1, 0.15) is 47.9 Å². The number of benzene rings is 1. The van der Waals surface area contributed by atoms with Crippen LogP contribution < -0.4 is 5.32 Å². The Labute approximate surface area is 120 Å². The summed E-state index contributed by atoms with van der Waals surface area (Å²) in [5, 5.41) is 5.93. The standard InChI is InChI=1S/C17H23NS/c1-4-11-18-16(15-9-7-6-8-13(15)3)17-14(5-2)10-12-19-17/h6-10,12,16,18H,4-5,11H2,1-3H3. The summed E-state index contributed by atoms with van der Waals surface area (Å²) in [6.07, 6.45) is 2.27. The average molecular weight is 273 g/mol. The number of rotatable bonds is 6. The van der Waals surface area contributed by atoms with E-state index in [-0.39, 0.29) is 0 Å². The van der Waals surface area contributed by atoms with Gasteiger partial charge in [-0.3, -0.25) is 0 Å². The van der Waals surface area contributed by atoms with Crippen molar-refractivity contribution in [3.63, 3.8) is 0 Å². The molecule has 0 spiro atoms. The molecule has 1 N–H and O–H groups in total. The largest absolute Gasteiger partial charge is 0.306 e. The van der Waals surface area contributed by atoms with E-state index in [2.05, 4.69) is 61.8 Å². The fourth-order valence-corrected chi connectivity index (χ4v) is 3.53. The minimum atomic E-state index is 0.344. The molecule has 1 aromatic heterocycles. The summed E-state index contributed by atoms with van der Waals surface area (Å²) >= 11 is 1.87. The highest BCUT2D eigenvalue weighted by Gasteiger charge is 2.18. The van der Waals surface area contributed by atoms with Crippen LogP contribution in [0.5, 0.6) is 0 Å². The highest BCUT2D eigenvalue weighted by molar-refractivity contribution is 7.10. The maximum Gasteiger partial charge on any atom is 0.0676 e. The Kier molecular flexibility index (Phi) is 5.17. The molecule has 0 bridgehead atoms. The van der Waals surface area contributed by atoms with Crippen LogP contribution in [-0.2, 0) is 6.42 Å². The smallest absolute Gasteiger partial charge is 0.0676 e. The first kappa shape index (κ1) is 14.3. The Morgan fingerprint density at radius 2 is 1.95 bits per heavy atom. The van der Waals surface area contributed by atoms with Crippen molar-refractivity contribution < 1.29 is 0 Å². The molecule has 0 radical (unpaired) electrons. The molecule has 0 amide bonds. The highest BCUT2D eigenvalue weighted by atomic mass is 32.1. The van der Waals surface area contributed by atoms with Gasteiger partial charge in [0, 0.05) is 4.88 Å². The molecule has 19 heavy (non-hydrogen) atoms. The first-order valence-corrected chi connectivity index (χ1v) is 8.01. The third-order valence-corrected chi connectivity index (χ3v) is 4.55. The van der Waals surface area contributed by atoms with Gasteiger partial charge in [-0.15, -0.1) is 11.3 Å². The number of aryl methyl sites for hydroxylation is 2. The first-order chi connectivity index (χ1) is 9.27. The fourth-order valence-electron chi connectivity index (χ4n) is 2.44. The van der Waals surface area contributed by atoms with E-state index in [1.807, 2.05) is 11.3 Å². The SMILES string of the molecule is CCCNC(c1ccccc1C)c1sccc1CC. The van der Waals surface area contributed by atoms with Gasteiger partial charge in [-0.25, -0.2) is 0 Å². The predicted octanol–water partition coefficient (Wildman–Crippen LogP) is 4.71. The maximum absolute atomic E-state index is 3.71. The summed E-state index contributed by atoms with van der Waals surface area (Å²) < 4.78 is 0. The lowest BCUT2D eigenvalue weighted by atomic mass is 9.97. The summed E-state index contributed by atoms with van der Waals surface area (Å²) in [4.78, 5) is 1.48. The normalized spacial score (nSPS) is 12.6. The van der Waals surface area contributed by atoms with E-state index in [4.69, 9.17) is 0 Å². The van der Waals surface area contributed by atoms with Crippen LogP contribution in [0.25, 0.3) is 0 Å². The molecule has 1 unspecified atom stereocenters. The topological polar surface area (TPSA) is 12.0 Å².